The van der Waals surface area contributed by atoms with Gasteiger partial charge in [-0.25, -0.2) is 0 Å². The van der Waals surface area contributed by atoms with Crippen LogP contribution in [0.15, 0.2) is 35.1 Å². The predicted molar refractivity (Wildman–Crippen MR) is 73.2 cm³/mol. The van der Waals surface area contributed by atoms with Gasteiger partial charge >= 0.3 is 0 Å². The third-order valence-corrected chi connectivity index (χ3v) is 2.94. The molecular formula is C11H9BrN6. The van der Waals surface area contributed by atoms with Crippen LogP contribution in [0.5, 0.6) is 0 Å². The summed E-state index contributed by atoms with van der Waals surface area (Å²) in [7, 11) is 0. The number of pyridine rings is 1. The summed E-state index contributed by atoms with van der Waals surface area (Å²) in [4.78, 5) is 12.3. The maximum absolute atomic E-state index is 5.67. The molecule has 0 saturated heterocycles. The topological polar surface area (TPSA) is 95.6 Å². The molecule has 18 heavy (non-hydrogen) atoms. The van der Waals surface area contributed by atoms with E-state index in [9.17, 15) is 0 Å². The fraction of sp³-hybridized carbons (Fsp3) is 0. The minimum absolute atomic E-state index is 0.148. The Kier molecular flexibility index (Phi) is 2.41. The van der Waals surface area contributed by atoms with Crippen LogP contribution in [0.1, 0.15) is 0 Å². The van der Waals surface area contributed by atoms with Gasteiger partial charge in [0.05, 0.1) is 11.0 Å². The predicted octanol–water partition coefficient (Wildman–Crippen LogP) is 1.74. The van der Waals surface area contributed by atoms with E-state index in [-0.39, 0.29) is 5.95 Å². The molecule has 0 fully saturated rings. The highest BCUT2D eigenvalue weighted by molar-refractivity contribution is 9.10. The Morgan fingerprint density at radius 1 is 1.17 bits per heavy atom. The molecule has 0 aliphatic heterocycles. The van der Waals surface area contributed by atoms with Crippen molar-refractivity contribution in [2.24, 2.45) is 0 Å². The summed E-state index contributed by atoms with van der Waals surface area (Å²) < 4.78 is 2.76. The van der Waals surface area contributed by atoms with E-state index in [1.165, 1.54) is 0 Å². The Bertz CT molecular complexity index is 715. The first-order valence-corrected chi connectivity index (χ1v) is 5.96. The number of rotatable bonds is 1. The molecule has 0 amide bonds. The number of nitrogens with two attached hydrogens (primary N) is 2. The van der Waals surface area contributed by atoms with Gasteiger partial charge in [-0.1, -0.05) is 0 Å². The molecule has 3 aromatic rings. The first-order valence-electron chi connectivity index (χ1n) is 5.16. The lowest BCUT2D eigenvalue weighted by atomic mass is 10.4. The zero-order valence-electron chi connectivity index (χ0n) is 9.21. The van der Waals surface area contributed by atoms with E-state index in [1.807, 2.05) is 22.9 Å². The zero-order chi connectivity index (χ0) is 12.7. The fourth-order valence-electron chi connectivity index (χ4n) is 1.78. The first-order chi connectivity index (χ1) is 8.63. The van der Waals surface area contributed by atoms with Crippen LogP contribution in [0.3, 0.4) is 0 Å². The van der Waals surface area contributed by atoms with Crippen molar-refractivity contribution < 1.29 is 0 Å². The van der Waals surface area contributed by atoms with Crippen molar-refractivity contribution in [2.45, 2.75) is 0 Å². The highest BCUT2D eigenvalue weighted by atomic mass is 79.9. The molecule has 6 nitrogen and oxygen atoms in total. The fourth-order valence-corrected chi connectivity index (χ4v) is 2.10. The van der Waals surface area contributed by atoms with Gasteiger partial charge in [0.2, 0.25) is 5.95 Å². The molecule has 0 aliphatic carbocycles. The molecule has 0 bridgehead atoms. The van der Waals surface area contributed by atoms with Crippen LogP contribution in [-0.2, 0) is 0 Å². The number of hydrogen-bond donors (Lipinski definition) is 2. The molecule has 4 N–H and O–H groups in total. The Labute approximate surface area is 111 Å². The lowest BCUT2D eigenvalue weighted by Gasteiger charge is -2.06. The number of nitrogens with zero attached hydrogens (tertiary/aromatic N) is 4. The summed E-state index contributed by atoms with van der Waals surface area (Å²) in [6, 6.07) is 5.52. The zero-order valence-corrected chi connectivity index (χ0v) is 10.8. The molecule has 0 unspecified atom stereocenters. The minimum Gasteiger partial charge on any atom is -0.383 e. The van der Waals surface area contributed by atoms with Gasteiger partial charge in [0.25, 0.3) is 0 Å². The average Bonchev–Trinajstić information content (AvgIpc) is 2.70. The molecule has 0 aromatic carbocycles. The molecule has 3 heterocycles. The number of halogens is 1. The Morgan fingerprint density at radius 2 is 2.00 bits per heavy atom. The van der Waals surface area contributed by atoms with Crippen LogP contribution < -0.4 is 11.5 Å². The molecular weight excluding hydrogens is 296 g/mol. The highest BCUT2D eigenvalue weighted by Gasteiger charge is 2.07. The minimum atomic E-state index is 0.148. The van der Waals surface area contributed by atoms with Crippen LogP contribution in [0.2, 0.25) is 0 Å². The third kappa shape index (κ3) is 1.78. The Hall–Kier alpha value is -2.15. The second-order valence-electron chi connectivity index (χ2n) is 3.75. The van der Waals surface area contributed by atoms with E-state index < -0.39 is 0 Å². The molecule has 0 spiro atoms. The highest BCUT2D eigenvalue weighted by Crippen LogP contribution is 2.22. The first kappa shape index (κ1) is 11.0. The molecule has 0 saturated carbocycles. The molecule has 0 aliphatic rings. The Balaban J connectivity index is 2.27. The van der Waals surface area contributed by atoms with Crippen LogP contribution in [-0.4, -0.2) is 19.5 Å². The van der Waals surface area contributed by atoms with Gasteiger partial charge in [-0.05, 0) is 28.1 Å². The summed E-state index contributed by atoms with van der Waals surface area (Å²) in [5, 5.41) is 0. The molecule has 7 heteroatoms. The van der Waals surface area contributed by atoms with Gasteiger partial charge in [-0.3, -0.25) is 9.55 Å². The number of aromatic nitrogens is 4. The maximum atomic E-state index is 5.67. The van der Waals surface area contributed by atoms with Crippen molar-refractivity contribution in [2.75, 3.05) is 11.5 Å². The molecule has 0 radical (unpaired) electrons. The SMILES string of the molecule is Nc1cc(-n2ccc3ncc(Br)cc32)nc(N)n1. The largest absolute Gasteiger partial charge is 0.383 e. The molecule has 90 valence electrons. The lowest BCUT2D eigenvalue weighted by Crippen LogP contribution is -2.04. The standard InChI is InChI=1S/C11H9BrN6/c12-6-3-8-7(15-5-6)1-2-18(8)10-4-9(13)16-11(14)17-10/h1-5H,(H4,13,14,16,17). The van der Waals surface area contributed by atoms with E-state index in [4.69, 9.17) is 11.5 Å². The van der Waals surface area contributed by atoms with Crippen LogP contribution in [0.4, 0.5) is 11.8 Å². The second-order valence-corrected chi connectivity index (χ2v) is 4.67. The molecule has 0 atom stereocenters. The van der Waals surface area contributed by atoms with Gasteiger partial charge in [0.1, 0.15) is 11.6 Å². The Morgan fingerprint density at radius 3 is 2.78 bits per heavy atom. The number of hydrogen-bond acceptors (Lipinski definition) is 5. The summed E-state index contributed by atoms with van der Waals surface area (Å²) in [5.41, 5.74) is 13.1. The van der Waals surface area contributed by atoms with E-state index in [2.05, 4.69) is 30.9 Å². The van der Waals surface area contributed by atoms with E-state index in [0.29, 0.717) is 11.6 Å². The number of fused-ring (bicyclic) bond motifs is 1. The lowest BCUT2D eigenvalue weighted by molar-refractivity contribution is 1.02. The number of anilines is 2. The van der Waals surface area contributed by atoms with Gasteiger partial charge in [0, 0.05) is 22.9 Å². The maximum Gasteiger partial charge on any atom is 0.223 e. The van der Waals surface area contributed by atoms with Crippen molar-refractivity contribution in [1.82, 2.24) is 19.5 Å². The molecule has 3 rings (SSSR count). The van der Waals surface area contributed by atoms with Crippen LogP contribution in [0, 0.1) is 0 Å². The third-order valence-electron chi connectivity index (χ3n) is 2.50. The van der Waals surface area contributed by atoms with Gasteiger partial charge in [0.15, 0.2) is 0 Å². The smallest absolute Gasteiger partial charge is 0.223 e. The summed E-state index contributed by atoms with van der Waals surface area (Å²) in [5.74, 6) is 1.10. The normalized spacial score (nSPS) is 10.9. The monoisotopic (exact) mass is 304 g/mol. The van der Waals surface area contributed by atoms with Crippen molar-refractivity contribution in [1.29, 1.82) is 0 Å². The van der Waals surface area contributed by atoms with E-state index >= 15 is 0 Å². The van der Waals surface area contributed by atoms with Crippen molar-refractivity contribution in [3.8, 4) is 5.82 Å². The van der Waals surface area contributed by atoms with Crippen molar-refractivity contribution in [3.05, 3.63) is 35.1 Å². The van der Waals surface area contributed by atoms with Crippen molar-refractivity contribution >= 4 is 38.7 Å². The van der Waals surface area contributed by atoms with Gasteiger partial charge < -0.3 is 11.5 Å². The van der Waals surface area contributed by atoms with Gasteiger partial charge in [-0.2, -0.15) is 9.97 Å². The second kappa shape index (κ2) is 3.95. The van der Waals surface area contributed by atoms with E-state index in [1.54, 1.807) is 12.3 Å². The summed E-state index contributed by atoms with van der Waals surface area (Å²) >= 11 is 3.39. The summed E-state index contributed by atoms with van der Waals surface area (Å²) in [6.45, 7) is 0. The van der Waals surface area contributed by atoms with Gasteiger partial charge in [-0.15, -0.1) is 0 Å². The van der Waals surface area contributed by atoms with E-state index in [0.717, 1.165) is 15.5 Å². The van der Waals surface area contributed by atoms with Crippen LogP contribution >= 0.6 is 15.9 Å². The number of nitrogen functional groups attached to an aromatic ring is 2. The van der Waals surface area contributed by atoms with Crippen LogP contribution in [0.25, 0.3) is 16.9 Å². The summed E-state index contributed by atoms with van der Waals surface area (Å²) in [6.07, 6.45) is 3.61. The quantitative estimate of drug-likeness (QED) is 0.714. The average molecular weight is 305 g/mol. The molecule has 3 aromatic heterocycles. The van der Waals surface area contributed by atoms with Crippen molar-refractivity contribution in [3.63, 3.8) is 0 Å².